The van der Waals surface area contributed by atoms with Gasteiger partial charge in [0.1, 0.15) is 11.0 Å². The molecule has 1 aromatic heterocycles. The number of nitrogens with zero attached hydrogens (tertiary/aromatic N) is 2. The average Bonchev–Trinajstić information content (AvgIpc) is 2.49. The van der Waals surface area contributed by atoms with Crippen LogP contribution in [0.1, 0.15) is 5.56 Å². The first kappa shape index (κ1) is 8.98. The summed E-state index contributed by atoms with van der Waals surface area (Å²) in [6.45, 7) is 0. The van der Waals surface area contributed by atoms with Crippen LogP contribution in [0, 0.1) is 0 Å². The summed E-state index contributed by atoms with van der Waals surface area (Å²) < 4.78 is 36.4. The van der Waals surface area contributed by atoms with Gasteiger partial charge in [-0.05, 0) is 11.6 Å². The number of H-pyrrole nitrogens is 1. The van der Waals surface area contributed by atoms with E-state index in [0.29, 0.717) is 5.52 Å². The Morgan fingerprint density at radius 1 is 1.21 bits per heavy atom. The van der Waals surface area contributed by atoms with Crippen LogP contribution in [-0.4, -0.2) is 21.6 Å². The van der Waals surface area contributed by atoms with Gasteiger partial charge in [0.2, 0.25) is 0 Å². The highest BCUT2D eigenvalue weighted by atomic mass is 19.4. The van der Waals surface area contributed by atoms with Gasteiger partial charge in [-0.1, -0.05) is 12.1 Å². The minimum atomic E-state index is -4.22. The summed E-state index contributed by atoms with van der Waals surface area (Å²) in [5.74, 6) is 0. The molecule has 1 heterocycles. The summed E-state index contributed by atoms with van der Waals surface area (Å²) in [5, 5.41) is 9.67. The van der Waals surface area contributed by atoms with Gasteiger partial charge < -0.3 is 0 Å². The molecule has 14 heavy (non-hydrogen) atoms. The van der Waals surface area contributed by atoms with Crippen molar-refractivity contribution in [2.24, 2.45) is 0 Å². The molecule has 0 spiro atoms. The molecule has 0 atom stereocenters. The highest BCUT2D eigenvalue weighted by Crippen LogP contribution is 2.24. The molecule has 0 radical (unpaired) electrons. The largest absolute Gasteiger partial charge is 0.393 e. The number of aromatic nitrogens is 3. The SMILES string of the molecule is FC(F)(F)Cc1cccc2n[nH]nc12. The smallest absolute Gasteiger partial charge is 0.197 e. The summed E-state index contributed by atoms with van der Waals surface area (Å²) in [7, 11) is 0. The lowest BCUT2D eigenvalue weighted by Gasteiger charge is -2.05. The molecule has 0 unspecified atom stereocenters. The Morgan fingerprint density at radius 2 is 2.00 bits per heavy atom. The number of hydrogen-bond donors (Lipinski definition) is 1. The first-order valence-corrected chi connectivity index (χ1v) is 3.91. The maximum Gasteiger partial charge on any atom is 0.393 e. The predicted molar refractivity (Wildman–Crippen MR) is 43.6 cm³/mol. The first-order chi connectivity index (χ1) is 6.56. The zero-order chi connectivity index (χ0) is 10.2. The predicted octanol–water partition coefficient (Wildman–Crippen LogP) is 2.06. The Bertz CT molecular complexity index is 446. The number of para-hydroxylation sites is 1. The van der Waals surface area contributed by atoms with Gasteiger partial charge in [-0.2, -0.15) is 28.6 Å². The normalized spacial score (nSPS) is 12.2. The second kappa shape index (κ2) is 2.97. The van der Waals surface area contributed by atoms with Crippen LogP contribution in [0.2, 0.25) is 0 Å². The van der Waals surface area contributed by atoms with E-state index in [-0.39, 0.29) is 11.1 Å². The molecule has 0 saturated carbocycles. The summed E-state index contributed by atoms with van der Waals surface area (Å²) in [6.07, 6.45) is -5.19. The van der Waals surface area contributed by atoms with E-state index < -0.39 is 12.6 Å². The molecule has 1 aromatic carbocycles. The summed E-state index contributed by atoms with van der Waals surface area (Å²) >= 11 is 0. The van der Waals surface area contributed by atoms with E-state index in [4.69, 9.17) is 0 Å². The molecule has 0 aliphatic rings. The Kier molecular flexibility index (Phi) is 1.90. The van der Waals surface area contributed by atoms with Crippen LogP contribution in [0.25, 0.3) is 11.0 Å². The standard InChI is InChI=1S/C8H6F3N3/c9-8(10,11)4-5-2-1-3-6-7(5)13-14-12-6/h1-3H,4H2,(H,12,13,14). The van der Waals surface area contributed by atoms with Crippen LogP contribution < -0.4 is 0 Å². The summed E-state index contributed by atoms with van der Waals surface area (Å²) in [6, 6.07) is 4.54. The number of benzene rings is 1. The second-order valence-corrected chi connectivity index (χ2v) is 2.90. The van der Waals surface area contributed by atoms with E-state index in [1.165, 1.54) is 12.1 Å². The van der Waals surface area contributed by atoms with Crippen molar-refractivity contribution in [1.29, 1.82) is 0 Å². The fourth-order valence-corrected chi connectivity index (χ4v) is 1.28. The van der Waals surface area contributed by atoms with E-state index in [1.807, 2.05) is 0 Å². The van der Waals surface area contributed by atoms with Gasteiger partial charge in [0, 0.05) is 0 Å². The molecule has 0 fully saturated rings. The molecule has 0 saturated heterocycles. The maximum absolute atomic E-state index is 12.1. The molecule has 3 nitrogen and oxygen atoms in total. The molecule has 2 aromatic rings. The van der Waals surface area contributed by atoms with E-state index in [9.17, 15) is 13.2 Å². The van der Waals surface area contributed by atoms with Gasteiger partial charge in [-0.15, -0.1) is 0 Å². The van der Waals surface area contributed by atoms with Crippen LogP contribution in [0.4, 0.5) is 13.2 Å². The second-order valence-electron chi connectivity index (χ2n) is 2.90. The molecule has 74 valence electrons. The van der Waals surface area contributed by atoms with Crippen molar-refractivity contribution in [2.45, 2.75) is 12.6 Å². The third-order valence-electron chi connectivity index (χ3n) is 1.82. The fourth-order valence-electron chi connectivity index (χ4n) is 1.28. The van der Waals surface area contributed by atoms with E-state index in [2.05, 4.69) is 15.4 Å². The van der Waals surface area contributed by atoms with Crippen LogP contribution in [0.5, 0.6) is 0 Å². The lowest BCUT2D eigenvalue weighted by atomic mass is 10.1. The number of rotatable bonds is 1. The molecule has 0 aliphatic carbocycles. The van der Waals surface area contributed by atoms with Crippen molar-refractivity contribution in [3.63, 3.8) is 0 Å². The minimum absolute atomic E-state index is 0.142. The number of aromatic amines is 1. The Morgan fingerprint density at radius 3 is 2.71 bits per heavy atom. The van der Waals surface area contributed by atoms with Crippen molar-refractivity contribution in [1.82, 2.24) is 15.4 Å². The van der Waals surface area contributed by atoms with Gasteiger partial charge in [0.25, 0.3) is 0 Å². The number of alkyl halides is 3. The highest BCUT2D eigenvalue weighted by molar-refractivity contribution is 5.77. The molecule has 0 bridgehead atoms. The summed E-state index contributed by atoms with van der Waals surface area (Å²) in [5.41, 5.74) is 0.875. The molecule has 1 N–H and O–H groups in total. The van der Waals surface area contributed by atoms with Crippen LogP contribution in [0.15, 0.2) is 18.2 Å². The van der Waals surface area contributed by atoms with Gasteiger partial charge >= 0.3 is 6.18 Å². The maximum atomic E-state index is 12.1. The average molecular weight is 201 g/mol. The third-order valence-corrected chi connectivity index (χ3v) is 1.82. The lowest BCUT2D eigenvalue weighted by molar-refractivity contribution is -0.127. The molecule has 2 rings (SSSR count). The van der Waals surface area contributed by atoms with Crippen LogP contribution >= 0.6 is 0 Å². The number of halogens is 3. The van der Waals surface area contributed by atoms with Gasteiger partial charge in [-0.25, -0.2) is 0 Å². The van der Waals surface area contributed by atoms with Gasteiger partial charge in [0.15, 0.2) is 0 Å². The fraction of sp³-hybridized carbons (Fsp3) is 0.250. The monoisotopic (exact) mass is 201 g/mol. The van der Waals surface area contributed by atoms with Gasteiger partial charge in [0.05, 0.1) is 6.42 Å². The van der Waals surface area contributed by atoms with Crippen molar-refractivity contribution in [3.8, 4) is 0 Å². The first-order valence-electron chi connectivity index (χ1n) is 3.91. The lowest BCUT2D eigenvalue weighted by Crippen LogP contribution is -2.11. The number of fused-ring (bicyclic) bond motifs is 1. The topological polar surface area (TPSA) is 41.6 Å². The van der Waals surface area contributed by atoms with Crippen LogP contribution in [0.3, 0.4) is 0 Å². The molecule has 0 aliphatic heterocycles. The highest BCUT2D eigenvalue weighted by Gasteiger charge is 2.28. The van der Waals surface area contributed by atoms with Crippen molar-refractivity contribution in [2.75, 3.05) is 0 Å². The molecule has 6 heteroatoms. The number of hydrogen-bond acceptors (Lipinski definition) is 2. The minimum Gasteiger partial charge on any atom is -0.197 e. The van der Waals surface area contributed by atoms with Crippen molar-refractivity contribution in [3.05, 3.63) is 23.8 Å². The zero-order valence-corrected chi connectivity index (χ0v) is 6.97. The quantitative estimate of drug-likeness (QED) is 0.767. The van der Waals surface area contributed by atoms with Crippen LogP contribution in [-0.2, 0) is 6.42 Å². The Hall–Kier alpha value is -1.59. The molecular formula is C8H6F3N3. The van der Waals surface area contributed by atoms with Crippen molar-refractivity contribution >= 4 is 11.0 Å². The van der Waals surface area contributed by atoms with E-state index in [1.54, 1.807) is 6.07 Å². The third kappa shape index (κ3) is 1.68. The van der Waals surface area contributed by atoms with E-state index >= 15 is 0 Å². The molecular weight excluding hydrogens is 195 g/mol. The van der Waals surface area contributed by atoms with Crippen molar-refractivity contribution < 1.29 is 13.2 Å². The summed E-state index contributed by atoms with van der Waals surface area (Å²) in [4.78, 5) is 0. The van der Waals surface area contributed by atoms with Gasteiger partial charge in [-0.3, -0.25) is 0 Å². The zero-order valence-electron chi connectivity index (χ0n) is 6.97. The number of nitrogens with one attached hydrogen (secondary N) is 1. The van der Waals surface area contributed by atoms with E-state index in [0.717, 1.165) is 0 Å². The Balaban J connectivity index is 2.46. The molecule has 0 amide bonds. The Labute approximate surface area is 76.9 Å².